The minimum Gasteiger partial charge on any atom is -0.383 e. The molecule has 1 aromatic heterocycles. The molecule has 272 valence electrons. The molecular formula is C21H37N7O16P3S+. The zero-order valence-corrected chi connectivity index (χ0v) is 28.9. The van der Waals surface area contributed by atoms with Crippen LogP contribution in [0.1, 0.15) is 20.3 Å². The number of thiol groups is 1. The van der Waals surface area contributed by atoms with Crippen LogP contribution >= 0.6 is 36.1 Å². The Morgan fingerprint density at radius 3 is 2.48 bits per heavy atom. The molecule has 8 atom stereocenters. The van der Waals surface area contributed by atoms with Crippen molar-refractivity contribution in [2.45, 2.75) is 50.9 Å². The molecule has 0 aliphatic carbocycles. The van der Waals surface area contributed by atoms with Crippen LogP contribution in [0.2, 0.25) is 0 Å². The van der Waals surface area contributed by atoms with E-state index in [0.717, 1.165) is 6.33 Å². The van der Waals surface area contributed by atoms with Crippen LogP contribution in [0.25, 0.3) is 0 Å². The molecule has 3 aliphatic heterocycles. The van der Waals surface area contributed by atoms with Gasteiger partial charge in [-0.15, -0.1) is 9.60 Å². The molecule has 2 amide bonds. The second-order valence-corrected chi connectivity index (χ2v) is 16.2. The molecule has 48 heavy (non-hydrogen) atoms. The maximum atomic E-state index is 12.6. The van der Waals surface area contributed by atoms with E-state index in [2.05, 4.69) is 42.1 Å². The first-order chi connectivity index (χ1) is 22.1. The number of nitrogens with zero attached hydrogens (tertiary/aromatic N) is 4. The Labute approximate surface area is 278 Å². The summed E-state index contributed by atoms with van der Waals surface area (Å²) in [5.41, 5.74) is 4.74. The van der Waals surface area contributed by atoms with Crippen molar-refractivity contribution in [2.24, 2.45) is 5.41 Å². The van der Waals surface area contributed by atoms with Crippen LogP contribution in [0.4, 0.5) is 17.3 Å². The van der Waals surface area contributed by atoms with E-state index in [1.54, 1.807) is 5.01 Å². The Morgan fingerprint density at radius 1 is 1.17 bits per heavy atom. The van der Waals surface area contributed by atoms with Gasteiger partial charge in [-0.25, -0.2) is 18.7 Å². The summed E-state index contributed by atoms with van der Waals surface area (Å²) in [6, 6.07) is 0. The van der Waals surface area contributed by atoms with E-state index in [1.165, 1.54) is 13.8 Å². The van der Waals surface area contributed by atoms with Crippen molar-refractivity contribution in [3.63, 3.8) is 0 Å². The summed E-state index contributed by atoms with van der Waals surface area (Å²) in [4.78, 5) is 71.0. The standard InChI is InChI=1S/C21H36N7O16P3S/c1-21(2,16(31)19(32)24-4-3-12(29)23-5-6-48)8-41-47(38,39)44-46(36,37)40-7-11-15(43-45(33,34)35)14(30)20(42-11)28-10-27(28)13-17(22)25-9-26-18(13)28/h9,11,14-16,20,30-31H,3-8,10H2,1-2H3,(H8-,22,23,24,25,26,29,32,33,34,35,36,37,38,39,48)/p+1/t11-,14-,15-,16+,20-,27?,28-/m1/s1. The maximum Gasteiger partial charge on any atom is 0.481 e. The number of hydrogen-bond donors (Lipinski definition) is 10. The number of amides is 2. The van der Waals surface area contributed by atoms with Crippen LogP contribution in [0.15, 0.2) is 6.33 Å². The summed E-state index contributed by atoms with van der Waals surface area (Å²) in [5, 5.41) is 27.9. The van der Waals surface area contributed by atoms with Gasteiger partial charge in [0.05, 0.1) is 13.2 Å². The Hall–Kier alpha value is -1.82. The van der Waals surface area contributed by atoms with E-state index in [4.69, 9.17) is 19.5 Å². The highest BCUT2D eigenvalue weighted by molar-refractivity contribution is 7.80. The molecule has 0 bridgehead atoms. The van der Waals surface area contributed by atoms with E-state index in [9.17, 15) is 53.1 Å². The molecule has 4 rings (SSSR count). The number of phosphoric acid groups is 3. The number of hydrogen-bond acceptors (Lipinski definition) is 17. The van der Waals surface area contributed by atoms with Gasteiger partial charge in [0, 0.05) is 30.7 Å². The highest BCUT2D eigenvalue weighted by Gasteiger charge is 2.78. The third-order valence-electron chi connectivity index (χ3n) is 7.42. The predicted molar refractivity (Wildman–Crippen MR) is 164 cm³/mol. The summed E-state index contributed by atoms with van der Waals surface area (Å²) in [6.45, 7) is 1.00. The third kappa shape index (κ3) is 8.72. The van der Waals surface area contributed by atoms with Crippen molar-refractivity contribution in [2.75, 3.05) is 49.5 Å². The number of carbonyl (C=O) groups is 2. The summed E-state index contributed by atoms with van der Waals surface area (Å²) in [6.07, 6.45) is -7.29. The molecule has 1 aromatic rings. The van der Waals surface area contributed by atoms with Crippen LogP contribution in [-0.4, -0.2) is 121 Å². The predicted octanol–water partition coefficient (Wildman–Crippen LogP) is -2.17. The van der Waals surface area contributed by atoms with Crippen LogP contribution in [0.5, 0.6) is 0 Å². The lowest BCUT2D eigenvalue weighted by Crippen LogP contribution is -2.55. The third-order valence-corrected chi connectivity index (χ3v) is 10.7. The van der Waals surface area contributed by atoms with E-state index in [-0.39, 0.29) is 36.0 Å². The van der Waals surface area contributed by atoms with Gasteiger partial charge >= 0.3 is 23.5 Å². The van der Waals surface area contributed by atoms with Crippen molar-refractivity contribution < 1.29 is 75.7 Å². The van der Waals surface area contributed by atoms with Crippen molar-refractivity contribution >= 4 is 65.2 Å². The van der Waals surface area contributed by atoms with Crippen LogP contribution in [0.3, 0.4) is 0 Å². The second-order valence-electron chi connectivity index (χ2n) is 11.5. The number of carbonyl (C=O) groups excluding carboxylic acids is 2. The highest BCUT2D eigenvalue weighted by Crippen LogP contribution is 2.63. The number of nitrogens with two attached hydrogens (primary N) is 1. The Bertz CT molecular complexity index is 1540. The average molecular weight is 769 g/mol. The van der Waals surface area contributed by atoms with Gasteiger partial charge in [-0.1, -0.05) is 13.8 Å². The zero-order chi connectivity index (χ0) is 35.9. The van der Waals surface area contributed by atoms with Crippen molar-refractivity contribution in [1.82, 2.24) is 25.2 Å². The Balaban J connectivity index is 1.32. The average Bonchev–Trinajstić information content (AvgIpc) is 3.52. The van der Waals surface area contributed by atoms with Gasteiger partial charge in [-0.05, 0) is 0 Å². The summed E-state index contributed by atoms with van der Waals surface area (Å²) in [5.74, 6) is -0.423. The topological polar surface area (TPSA) is 332 Å². The monoisotopic (exact) mass is 768 g/mol. The Kier molecular flexibility index (Phi) is 11.7. The molecule has 27 heteroatoms. The molecule has 2 unspecified atom stereocenters. The number of aromatic nitrogens is 2. The number of nitrogen functional groups attached to an aromatic ring is 1. The molecule has 23 nitrogen and oxygen atoms in total. The largest absolute Gasteiger partial charge is 0.481 e. The van der Waals surface area contributed by atoms with Gasteiger partial charge in [-0.3, -0.25) is 23.2 Å². The minimum atomic E-state index is -5.51. The van der Waals surface area contributed by atoms with E-state index in [1.807, 2.05) is 0 Å². The first-order valence-electron chi connectivity index (χ1n) is 14.0. The smallest absolute Gasteiger partial charge is 0.383 e. The lowest BCUT2D eigenvalue weighted by atomic mass is 9.87. The molecule has 0 spiro atoms. The number of anilines is 2. The quantitative estimate of drug-likeness (QED) is 0.0329. The first kappa shape index (κ1) is 39.0. The van der Waals surface area contributed by atoms with Crippen LogP contribution in [-0.2, 0) is 45.9 Å². The molecule has 3 aliphatic rings. The van der Waals surface area contributed by atoms with Gasteiger partial charge in [0.1, 0.15) is 24.6 Å². The fourth-order valence-corrected chi connectivity index (χ4v) is 7.96. The number of aliphatic hydroxyl groups is 2. The van der Waals surface area contributed by atoms with Crippen LogP contribution < -0.4 is 26.0 Å². The fraction of sp³-hybridized carbons (Fsp3) is 0.714. The summed E-state index contributed by atoms with van der Waals surface area (Å²) >= 11 is 3.95. The normalized spacial score (nSPS) is 27.9. The SMILES string of the molecule is CC(C)(COP(=O)(O)OP(=O)(O)OC[C@H]1O[C@@H]([N@+]23CN2c2c(N)ncnc23)[C@H](O)[C@@H]1OP(=O)(O)O)[C@@H](O)C(=O)NCCC(=O)NCCS. The van der Waals surface area contributed by atoms with Crippen molar-refractivity contribution in [3.05, 3.63) is 6.33 Å². The lowest BCUT2D eigenvalue weighted by Gasteiger charge is -2.32. The number of rotatable bonds is 18. The number of aliphatic hydroxyl groups excluding tert-OH is 2. The van der Waals surface area contributed by atoms with Gasteiger partial charge in [0.2, 0.25) is 24.2 Å². The molecule has 4 heterocycles. The van der Waals surface area contributed by atoms with Gasteiger partial charge < -0.3 is 50.9 Å². The fourth-order valence-electron chi connectivity index (χ4n) is 5.02. The second kappa shape index (κ2) is 14.4. The van der Waals surface area contributed by atoms with Gasteiger partial charge in [0.15, 0.2) is 11.9 Å². The molecule has 2 fully saturated rings. The molecular weight excluding hydrogens is 731 g/mol. The first-order valence-corrected chi connectivity index (χ1v) is 19.1. The van der Waals surface area contributed by atoms with Gasteiger partial charge in [0.25, 0.3) is 12.0 Å². The number of fused-ring (bicyclic) bond motifs is 4. The minimum absolute atomic E-state index is 0.0945. The molecule has 0 aromatic carbocycles. The number of nitrogens with one attached hydrogen (secondary N) is 2. The van der Waals surface area contributed by atoms with Gasteiger partial charge in [-0.2, -0.15) is 21.9 Å². The molecule has 10 N–H and O–H groups in total. The molecule has 2 saturated heterocycles. The number of quaternary nitrogens is 1. The number of phosphoric ester groups is 3. The zero-order valence-electron chi connectivity index (χ0n) is 25.3. The maximum absolute atomic E-state index is 12.6. The van der Waals surface area contributed by atoms with E-state index in [0.29, 0.717) is 23.8 Å². The number of ether oxygens (including phenoxy) is 1. The highest BCUT2D eigenvalue weighted by atomic mass is 32.1. The molecule has 0 radical (unpaired) electrons. The summed E-state index contributed by atoms with van der Waals surface area (Å²) in [7, 11) is -16.2. The van der Waals surface area contributed by atoms with E-state index >= 15 is 0 Å². The molecule has 0 saturated carbocycles. The van der Waals surface area contributed by atoms with E-state index < -0.39 is 78.6 Å². The lowest BCUT2D eigenvalue weighted by molar-refractivity contribution is -0.137. The van der Waals surface area contributed by atoms with Crippen molar-refractivity contribution in [3.8, 4) is 0 Å². The summed E-state index contributed by atoms with van der Waals surface area (Å²) < 4.78 is 60.7. The van der Waals surface area contributed by atoms with Crippen LogP contribution in [0, 0.1) is 5.41 Å². The van der Waals surface area contributed by atoms with Crippen molar-refractivity contribution in [1.29, 1.82) is 0 Å². The Morgan fingerprint density at radius 2 is 1.83 bits per heavy atom.